The van der Waals surface area contributed by atoms with E-state index in [0.29, 0.717) is 29.0 Å². The monoisotopic (exact) mass is 316 g/mol. The van der Waals surface area contributed by atoms with Gasteiger partial charge in [0, 0.05) is 18.1 Å². The van der Waals surface area contributed by atoms with Crippen LogP contribution in [-0.2, 0) is 16.6 Å². The highest BCUT2D eigenvalue weighted by atomic mass is 35.5. The number of rotatable bonds is 5. The quantitative estimate of drug-likeness (QED) is 0.876. The first-order valence-corrected chi connectivity index (χ1v) is 8.76. The molecule has 2 rings (SSSR count). The van der Waals surface area contributed by atoms with E-state index in [1.54, 1.807) is 12.1 Å². The minimum atomic E-state index is -3.48. The number of hydrogen-bond donors (Lipinski definition) is 2. The summed E-state index contributed by atoms with van der Waals surface area (Å²) in [5.41, 5.74) is 6.19. The first-order valence-electron chi connectivity index (χ1n) is 6.90. The number of halogens is 1. The van der Waals surface area contributed by atoms with E-state index >= 15 is 0 Å². The highest BCUT2D eigenvalue weighted by molar-refractivity contribution is 7.89. The summed E-state index contributed by atoms with van der Waals surface area (Å²) in [6.07, 6.45) is 3.38. The average Bonchev–Trinajstić information content (AvgIpc) is 2.83. The first kappa shape index (κ1) is 15.8. The number of nitrogens with two attached hydrogens (primary N) is 1. The van der Waals surface area contributed by atoms with Crippen LogP contribution in [0, 0.1) is 11.8 Å². The lowest BCUT2D eigenvalue weighted by molar-refractivity contribution is 0.498. The molecule has 20 heavy (non-hydrogen) atoms. The third kappa shape index (κ3) is 3.73. The molecule has 0 aliphatic heterocycles. The predicted molar refractivity (Wildman–Crippen MR) is 81.0 cm³/mol. The summed E-state index contributed by atoms with van der Waals surface area (Å²) >= 11 is 5.95. The molecule has 3 N–H and O–H groups in total. The van der Waals surface area contributed by atoms with Gasteiger partial charge in [0.2, 0.25) is 10.0 Å². The summed E-state index contributed by atoms with van der Waals surface area (Å²) in [7, 11) is -3.48. The molecule has 1 aromatic carbocycles. The molecular formula is C14H21ClN2O2S. The Morgan fingerprint density at radius 2 is 2.15 bits per heavy atom. The van der Waals surface area contributed by atoms with Gasteiger partial charge in [0.25, 0.3) is 0 Å². The lowest BCUT2D eigenvalue weighted by Gasteiger charge is -2.12. The standard InChI is InChI=1S/C14H21ClN2O2S/c1-10-2-3-11(6-10)9-17-20(18,19)13-4-5-14(15)12(7-13)8-16/h4-5,7,10-11,17H,2-3,6,8-9,16H2,1H3. The maximum Gasteiger partial charge on any atom is 0.240 e. The van der Waals surface area contributed by atoms with Crippen LogP contribution in [0.2, 0.25) is 5.02 Å². The van der Waals surface area contributed by atoms with Crippen molar-refractivity contribution in [2.45, 2.75) is 37.6 Å². The third-order valence-electron chi connectivity index (χ3n) is 3.91. The Hall–Kier alpha value is -0.620. The van der Waals surface area contributed by atoms with Crippen LogP contribution < -0.4 is 10.5 Å². The Balaban J connectivity index is 2.06. The molecular weight excluding hydrogens is 296 g/mol. The van der Waals surface area contributed by atoms with Crippen molar-refractivity contribution >= 4 is 21.6 Å². The molecule has 2 unspecified atom stereocenters. The molecule has 1 saturated carbocycles. The second kappa shape index (κ2) is 6.43. The van der Waals surface area contributed by atoms with Gasteiger partial charge in [-0.2, -0.15) is 0 Å². The van der Waals surface area contributed by atoms with E-state index in [1.165, 1.54) is 12.5 Å². The van der Waals surface area contributed by atoms with Gasteiger partial charge in [-0.05, 0) is 48.4 Å². The van der Waals surface area contributed by atoms with Crippen LogP contribution in [-0.4, -0.2) is 15.0 Å². The number of hydrogen-bond acceptors (Lipinski definition) is 3. The number of benzene rings is 1. The zero-order valence-electron chi connectivity index (χ0n) is 11.6. The number of sulfonamides is 1. The number of nitrogens with one attached hydrogen (secondary N) is 1. The van der Waals surface area contributed by atoms with Gasteiger partial charge in [0.1, 0.15) is 0 Å². The molecule has 112 valence electrons. The van der Waals surface area contributed by atoms with E-state index in [2.05, 4.69) is 11.6 Å². The van der Waals surface area contributed by atoms with Crippen LogP contribution in [0.5, 0.6) is 0 Å². The summed E-state index contributed by atoms with van der Waals surface area (Å²) in [6, 6.07) is 4.64. The summed E-state index contributed by atoms with van der Waals surface area (Å²) in [4.78, 5) is 0.230. The van der Waals surface area contributed by atoms with Crippen LogP contribution >= 0.6 is 11.6 Å². The Kier molecular flexibility index (Phi) is 5.07. The SMILES string of the molecule is CC1CCC(CNS(=O)(=O)c2ccc(Cl)c(CN)c2)C1. The maximum atomic E-state index is 12.3. The molecule has 0 aromatic heterocycles. The molecule has 6 heteroatoms. The van der Waals surface area contributed by atoms with Gasteiger partial charge in [-0.25, -0.2) is 13.1 Å². The molecule has 0 spiro atoms. The van der Waals surface area contributed by atoms with Crippen molar-refractivity contribution in [3.63, 3.8) is 0 Å². The van der Waals surface area contributed by atoms with Crippen molar-refractivity contribution in [3.8, 4) is 0 Å². The van der Waals surface area contributed by atoms with Crippen LogP contribution in [0.25, 0.3) is 0 Å². The van der Waals surface area contributed by atoms with Crippen LogP contribution in [0.4, 0.5) is 0 Å². The first-order chi connectivity index (χ1) is 9.42. The van der Waals surface area contributed by atoms with Gasteiger partial charge in [-0.3, -0.25) is 0 Å². The molecule has 2 atom stereocenters. The van der Waals surface area contributed by atoms with Gasteiger partial charge in [-0.15, -0.1) is 0 Å². The van der Waals surface area contributed by atoms with Crippen molar-refractivity contribution in [1.29, 1.82) is 0 Å². The fraction of sp³-hybridized carbons (Fsp3) is 0.571. The molecule has 4 nitrogen and oxygen atoms in total. The Labute approximate surface area is 125 Å². The maximum absolute atomic E-state index is 12.3. The average molecular weight is 317 g/mol. The van der Waals surface area contributed by atoms with E-state index in [-0.39, 0.29) is 11.4 Å². The second-order valence-corrected chi connectivity index (χ2v) is 7.77. The smallest absolute Gasteiger partial charge is 0.240 e. The van der Waals surface area contributed by atoms with E-state index in [1.807, 2.05) is 0 Å². The van der Waals surface area contributed by atoms with Crippen molar-refractivity contribution < 1.29 is 8.42 Å². The van der Waals surface area contributed by atoms with Gasteiger partial charge in [-0.1, -0.05) is 24.9 Å². The van der Waals surface area contributed by atoms with E-state index < -0.39 is 10.0 Å². The van der Waals surface area contributed by atoms with Crippen molar-refractivity contribution in [2.75, 3.05) is 6.54 Å². The minimum Gasteiger partial charge on any atom is -0.326 e. The van der Waals surface area contributed by atoms with E-state index in [4.69, 9.17) is 17.3 Å². The van der Waals surface area contributed by atoms with Crippen LogP contribution in [0.15, 0.2) is 23.1 Å². The minimum absolute atomic E-state index is 0.225. The second-order valence-electron chi connectivity index (χ2n) is 5.59. The van der Waals surface area contributed by atoms with Crippen LogP contribution in [0.1, 0.15) is 31.7 Å². The Morgan fingerprint density at radius 3 is 2.75 bits per heavy atom. The Bertz CT molecular complexity index is 575. The highest BCUT2D eigenvalue weighted by Crippen LogP contribution is 2.30. The lowest BCUT2D eigenvalue weighted by atomic mass is 10.1. The molecule has 1 aliphatic rings. The molecule has 0 bridgehead atoms. The van der Waals surface area contributed by atoms with Crippen LogP contribution in [0.3, 0.4) is 0 Å². The Morgan fingerprint density at radius 1 is 1.40 bits per heavy atom. The largest absolute Gasteiger partial charge is 0.326 e. The lowest BCUT2D eigenvalue weighted by Crippen LogP contribution is -2.28. The zero-order valence-corrected chi connectivity index (χ0v) is 13.2. The molecule has 0 radical (unpaired) electrons. The van der Waals surface area contributed by atoms with Gasteiger partial charge in [0.15, 0.2) is 0 Å². The summed E-state index contributed by atoms with van der Waals surface area (Å²) < 4.78 is 27.2. The normalized spacial score (nSPS) is 23.1. The van der Waals surface area contributed by atoms with E-state index in [9.17, 15) is 8.42 Å². The van der Waals surface area contributed by atoms with E-state index in [0.717, 1.165) is 12.8 Å². The molecule has 0 heterocycles. The topological polar surface area (TPSA) is 72.2 Å². The van der Waals surface area contributed by atoms with Crippen molar-refractivity contribution in [2.24, 2.45) is 17.6 Å². The summed E-state index contributed by atoms with van der Waals surface area (Å²) in [5.74, 6) is 1.14. The summed E-state index contributed by atoms with van der Waals surface area (Å²) in [5, 5.41) is 0.496. The van der Waals surface area contributed by atoms with Crippen molar-refractivity contribution in [1.82, 2.24) is 4.72 Å². The molecule has 0 saturated heterocycles. The molecule has 1 fully saturated rings. The zero-order chi connectivity index (χ0) is 14.8. The third-order valence-corrected chi connectivity index (χ3v) is 5.70. The van der Waals surface area contributed by atoms with Gasteiger partial charge < -0.3 is 5.73 Å². The fourth-order valence-electron chi connectivity index (χ4n) is 2.70. The van der Waals surface area contributed by atoms with Gasteiger partial charge in [0.05, 0.1) is 4.90 Å². The predicted octanol–water partition coefficient (Wildman–Crippen LogP) is 2.51. The molecule has 1 aliphatic carbocycles. The highest BCUT2D eigenvalue weighted by Gasteiger charge is 2.23. The molecule has 1 aromatic rings. The summed E-state index contributed by atoms with van der Waals surface area (Å²) in [6.45, 7) is 2.94. The van der Waals surface area contributed by atoms with Crippen molar-refractivity contribution in [3.05, 3.63) is 28.8 Å². The fourth-order valence-corrected chi connectivity index (χ4v) is 4.06. The molecule has 0 amide bonds. The van der Waals surface area contributed by atoms with Gasteiger partial charge >= 0.3 is 0 Å².